The normalized spacial score (nSPS) is 24.8. The Hall–Kier alpha value is -7.21. The Morgan fingerprint density at radius 2 is 1.81 bits per heavy atom. The summed E-state index contributed by atoms with van der Waals surface area (Å²) in [6.45, 7) is 0.512. The first kappa shape index (κ1) is 41.2. The molecule has 0 spiro atoms. The summed E-state index contributed by atoms with van der Waals surface area (Å²) in [6.07, 6.45) is 8.14. The van der Waals surface area contributed by atoms with Crippen molar-refractivity contribution in [2.75, 3.05) is 13.7 Å². The number of benzene rings is 1. The summed E-state index contributed by atoms with van der Waals surface area (Å²) in [5.41, 5.74) is 0.779. The minimum Gasteiger partial charge on any atom is -0.496 e. The summed E-state index contributed by atoms with van der Waals surface area (Å²) in [4.78, 5) is 93.9. The molecule has 5 heterocycles. The van der Waals surface area contributed by atoms with Crippen molar-refractivity contribution in [2.24, 2.45) is 29.6 Å². The molecule has 7 N–H and O–H groups in total. The number of carbonyl (C=O) groups is 4. The Labute approximate surface area is 360 Å². The summed E-state index contributed by atoms with van der Waals surface area (Å²) in [7, 11) is 1.54. The molecule has 1 aromatic carbocycles. The van der Waals surface area contributed by atoms with Crippen molar-refractivity contribution >= 4 is 45.6 Å². The number of nitriles is 2. The molecule has 9 unspecified atom stereocenters. The zero-order valence-corrected chi connectivity index (χ0v) is 34.5. The molecule has 2 saturated carbocycles. The van der Waals surface area contributed by atoms with Crippen molar-refractivity contribution in [3.63, 3.8) is 0 Å². The zero-order chi connectivity index (χ0) is 44.0. The van der Waals surface area contributed by atoms with Crippen LogP contribution in [0, 0.1) is 52.3 Å². The standard InChI is InChI=1S/C45H47N11O7/c1-63-37-4-2-3-32-30(37)18-35(53-32)41(59)54-34(42(60)55-45(21-47)9-5-23-6-10-49-40(58)31(23)19-45)16-25-14-28(25)29-15-26(29)17-36(56-12-8-33-38(44(56)62)51-22-50-33)43(61)52-27(20-46)13-24-7-11-48-39(24)57/h2-4,6,8,10,12,18,22,24-29,34,36,53H,5,7,9,11,13-17,19H2,1H3,(H,48,57)(H,49,58)(H,50,51)(H,52,61)(H,54,59)(H,55,60). The van der Waals surface area contributed by atoms with Gasteiger partial charge in [-0.3, -0.25) is 28.8 Å². The second kappa shape index (κ2) is 16.6. The summed E-state index contributed by atoms with van der Waals surface area (Å²) in [5.74, 6) is -1.08. The van der Waals surface area contributed by atoms with Crippen LogP contribution in [0.4, 0.5) is 0 Å². The molecule has 4 aromatic heterocycles. The first-order chi connectivity index (χ1) is 30.5. The number of H-pyrrole nitrogens is 3. The highest BCUT2D eigenvalue weighted by atomic mass is 16.5. The first-order valence-electron chi connectivity index (χ1n) is 21.4. The van der Waals surface area contributed by atoms with Gasteiger partial charge < -0.3 is 45.5 Å². The van der Waals surface area contributed by atoms with Gasteiger partial charge in [-0.05, 0) is 111 Å². The van der Waals surface area contributed by atoms with Gasteiger partial charge >= 0.3 is 0 Å². The van der Waals surface area contributed by atoms with Gasteiger partial charge in [-0.25, -0.2) is 4.98 Å². The molecule has 63 heavy (non-hydrogen) atoms. The van der Waals surface area contributed by atoms with Gasteiger partial charge in [-0.15, -0.1) is 0 Å². The third-order valence-electron chi connectivity index (χ3n) is 13.6. The predicted octanol–water partition coefficient (Wildman–Crippen LogP) is 2.40. The lowest BCUT2D eigenvalue weighted by atomic mass is 9.79. The smallest absolute Gasteiger partial charge is 0.279 e. The summed E-state index contributed by atoms with van der Waals surface area (Å²) in [6, 6.07) is 12.0. The molecule has 0 bridgehead atoms. The van der Waals surface area contributed by atoms with E-state index in [0.29, 0.717) is 60.0 Å². The topological polar surface area (TPSA) is 273 Å². The zero-order valence-electron chi connectivity index (χ0n) is 34.5. The fraction of sp³-hybridized carbons (Fsp3) is 0.444. The minimum absolute atomic E-state index is 0.0228. The number of rotatable bonds is 15. The largest absolute Gasteiger partial charge is 0.496 e. The van der Waals surface area contributed by atoms with Gasteiger partial charge in [0, 0.05) is 47.7 Å². The number of aromatic amines is 3. The fourth-order valence-corrected chi connectivity index (χ4v) is 9.99. The number of aromatic nitrogens is 5. The second-order valence-corrected chi connectivity index (χ2v) is 17.5. The quantitative estimate of drug-likeness (QED) is 0.0808. The van der Waals surface area contributed by atoms with Crippen molar-refractivity contribution in [3.05, 3.63) is 92.6 Å². The van der Waals surface area contributed by atoms with Crippen LogP contribution in [0.5, 0.6) is 5.75 Å². The summed E-state index contributed by atoms with van der Waals surface area (Å²) in [5, 5.41) is 32.6. The Morgan fingerprint density at radius 3 is 2.56 bits per heavy atom. The number of nitrogens with zero attached hydrogens (tertiary/aromatic N) is 4. The molecule has 4 aliphatic rings. The molecular formula is C45H47N11O7. The van der Waals surface area contributed by atoms with Gasteiger partial charge in [0.25, 0.3) is 17.0 Å². The molecule has 18 nitrogen and oxygen atoms in total. The average molecular weight is 854 g/mol. The molecule has 0 radical (unpaired) electrons. The number of fused-ring (bicyclic) bond motifs is 3. The first-order valence-corrected chi connectivity index (χ1v) is 21.4. The number of hydrogen-bond donors (Lipinski definition) is 7. The molecule has 324 valence electrons. The van der Waals surface area contributed by atoms with Gasteiger partial charge in [0.1, 0.15) is 35.1 Å². The van der Waals surface area contributed by atoms with Gasteiger partial charge in [0.2, 0.25) is 17.7 Å². The maximum absolute atomic E-state index is 14.3. The lowest BCUT2D eigenvalue weighted by Gasteiger charge is -2.34. The lowest BCUT2D eigenvalue weighted by Crippen LogP contribution is -2.57. The van der Waals surface area contributed by atoms with Crippen molar-refractivity contribution in [2.45, 2.75) is 81.5 Å². The second-order valence-electron chi connectivity index (χ2n) is 17.5. The fourth-order valence-electron chi connectivity index (χ4n) is 9.99. The SMILES string of the molecule is COc1cccc2[nH]c(C(=O)NC(CC3CC3C3CC3CC(C(=O)NC(C#N)CC3CCNC3=O)n3ccc4[nH]cnc4c3=O)C(=O)NC3(C#N)CCc4cc[nH]c(=O)c4C3)cc12. The van der Waals surface area contributed by atoms with E-state index in [-0.39, 0.29) is 65.6 Å². The summed E-state index contributed by atoms with van der Waals surface area (Å²) < 4.78 is 6.85. The van der Waals surface area contributed by atoms with E-state index in [2.05, 4.69) is 53.3 Å². The number of imidazole rings is 1. The van der Waals surface area contributed by atoms with Crippen molar-refractivity contribution in [3.8, 4) is 17.9 Å². The maximum atomic E-state index is 14.3. The van der Waals surface area contributed by atoms with Crippen LogP contribution in [0.25, 0.3) is 21.9 Å². The molecule has 9 rings (SSSR count). The van der Waals surface area contributed by atoms with E-state index in [1.807, 2.05) is 12.1 Å². The van der Waals surface area contributed by atoms with E-state index in [1.54, 1.807) is 43.8 Å². The van der Waals surface area contributed by atoms with Crippen LogP contribution in [0.3, 0.4) is 0 Å². The molecule has 1 aliphatic heterocycles. The monoisotopic (exact) mass is 853 g/mol. The van der Waals surface area contributed by atoms with Crippen molar-refractivity contribution in [1.29, 1.82) is 10.5 Å². The van der Waals surface area contributed by atoms with E-state index in [9.17, 15) is 39.3 Å². The summed E-state index contributed by atoms with van der Waals surface area (Å²) >= 11 is 0. The average Bonchev–Trinajstić information content (AvgIpc) is 4.01. The van der Waals surface area contributed by atoms with Gasteiger partial charge in [-0.1, -0.05) is 6.07 Å². The molecule has 3 fully saturated rings. The predicted molar refractivity (Wildman–Crippen MR) is 227 cm³/mol. The van der Waals surface area contributed by atoms with Gasteiger partial charge in [0.05, 0.1) is 31.1 Å². The number of ether oxygens (including phenoxy) is 1. The molecule has 9 atom stereocenters. The minimum atomic E-state index is -1.36. The molecular weight excluding hydrogens is 807 g/mol. The van der Waals surface area contributed by atoms with Gasteiger partial charge in [0.15, 0.2) is 5.52 Å². The lowest BCUT2D eigenvalue weighted by molar-refractivity contribution is -0.126. The molecule has 4 amide bonds. The van der Waals surface area contributed by atoms with E-state index >= 15 is 0 Å². The van der Waals surface area contributed by atoms with Crippen LogP contribution in [0.2, 0.25) is 0 Å². The number of nitrogens with one attached hydrogen (secondary N) is 7. The number of pyridine rings is 2. The number of carbonyl (C=O) groups excluding carboxylic acids is 4. The Kier molecular flexibility index (Phi) is 10.8. The molecule has 5 aromatic rings. The Morgan fingerprint density at radius 1 is 1.00 bits per heavy atom. The van der Waals surface area contributed by atoms with Crippen LogP contribution in [0.1, 0.15) is 72.6 Å². The van der Waals surface area contributed by atoms with E-state index in [0.717, 1.165) is 18.4 Å². The van der Waals surface area contributed by atoms with Gasteiger partial charge in [-0.2, -0.15) is 10.5 Å². The van der Waals surface area contributed by atoms with Crippen molar-refractivity contribution in [1.82, 2.24) is 45.8 Å². The maximum Gasteiger partial charge on any atom is 0.279 e. The Balaban J connectivity index is 0.919. The number of amides is 4. The number of hydrogen-bond acceptors (Lipinski definition) is 10. The van der Waals surface area contributed by atoms with Crippen LogP contribution < -0.4 is 37.1 Å². The Bertz CT molecular complexity index is 2850. The third-order valence-corrected chi connectivity index (χ3v) is 13.6. The third kappa shape index (κ3) is 8.16. The highest BCUT2D eigenvalue weighted by Crippen LogP contribution is 2.61. The van der Waals surface area contributed by atoms with Crippen molar-refractivity contribution < 1.29 is 23.9 Å². The molecule has 3 aliphatic carbocycles. The highest BCUT2D eigenvalue weighted by molar-refractivity contribution is 6.01. The molecule has 1 saturated heterocycles. The number of aryl methyl sites for hydroxylation is 1. The van der Waals surface area contributed by atoms with E-state index in [1.165, 1.54) is 10.9 Å². The molecule has 18 heteroatoms. The van der Waals surface area contributed by atoms with Crippen LogP contribution in [-0.4, -0.2) is 79.4 Å². The van der Waals surface area contributed by atoms with Crippen LogP contribution in [-0.2, 0) is 27.2 Å². The number of methoxy groups -OCH3 is 1. The van der Waals surface area contributed by atoms with E-state index < -0.39 is 52.9 Å². The highest BCUT2D eigenvalue weighted by Gasteiger charge is 2.55. The van der Waals surface area contributed by atoms with Crippen LogP contribution >= 0.6 is 0 Å². The van der Waals surface area contributed by atoms with Crippen LogP contribution in [0.15, 0.2) is 64.7 Å². The van der Waals surface area contributed by atoms with E-state index in [4.69, 9.17) is 4.74 Å².